The van der Waals surface area contributed by atoms with Crippen molar-refractivity contribution in [3.8, 4) is 0 Å². The first-order valence-corrected chi connectivity index (χ1v) is 9.32. The molecule has 4 nitrogen and oxygen atoms in total. The van der Waals surface area contributed by atoms with Gasteiger partial charge in [0.2, 0.25) is 11.8 Å². The van der Waals surface area contributed by atoms with Crippen LogP contribution in [0, 0.1) is 5.92 Å². The summed E-state index contributed by atoms with van der Waals surface area (Å²) >= 11 is 11.9. The van der Waals surface area contributed by atoms with Gasteiger partial charge < -0.3 is 10.6 Å². The second-order valence-electron chi connectivity index (χ2n) is 6.35. The van der Waals surface area contributed by atoms with Crippen molar-refractivity contribution in [1.82, 2.24) is 5.32 Å². The number of carbonyl (C=O) groups is 2. The first-order chi connectivity index (χ1) is 11.5. The minimum atomic E-state index is -0.320. The van der Waals surface area contributed by atoms with Gasteiger partial charge in [-0.1, -0.05) is 55.3 Å². The van der Waals surface area contributed by atoms with E-state index in [4.69, 9.17) is 23.2 Å². The molecule has 1 aromatic carbocycles. The maximum absolute atomic E-state index is 11.9. The molecule has 2 N–H and O–H groups in total. The van der Waals surface area contributed by atoms with Crippen LogP contribution in [0.15, 0.2) is 18.2 Å². The van der Waals surface area contributed by atoms with Gasteiger partial charge in [0.25, 0.3) is 0 Å². The number of anilines is 1. The van der Waals surface area contributed by atoms with Gasteiger partial charge in [0.15, 0.2) is 0 Å². The summed E-state index contributed by atoms with van der Waals surface area (Å²) in [5.74, 6) is 0.373. The van der Waals surface area contributed by atoms with Crippen molar-refractivity contribution >= 4 is 40.7 Å². The van der Waals surface area contributed by atoms with E-state index in [1.54, 1.807) is 18.2 Å². The molecule has 1 aliphatic rings. The summed E-state index contributed by atoms with van der Waals surface area (Å²) in [4.78, 5) is 23.7. The molecule has 0 aliphatic heterocycles. The topological polar surface area (TPSA) is 58.2 Å². The van der Waals surface area contributed by atoms with Crippen LogP contribution < -0.4 is 10.6 Å². The average Bonchev–Trinajstić information content (AvgIpc) is 2.57. The highest BCUT2D eigenvalue weighted by atomic mass is 35.5. The minimum absolute atomic E-state index is 0.0644. The predicted octanol–water partition coefficient (Wildman–Crippen LogP) is 4.80. The van der Waals surface area contributed by atoms with Crippen molar-refractivity contribution in [3.63, 3.8) is 0 Å². The highest BCUT2D eigenvalue weighted by molar-refractivity contribution is 6.35. The zero-order valence-corrected chi connectivity index (χ0v) is 15.3. The Balaban J connectivity index is 1.63. The zero-order chi connectivity index (χ0) is 17.4. The molecular weight excluding hydrogens is 347 g/mol. The molecule has 1 fully saturated rings. The van der Waals surface area contributed by atoms with Crippen LogP contribution in [0.5, 0.6) is 0 Å². The van der Waals surface area contributed by atoms with Gasteiger partial charge in [-0.3, -0.25) is 9.59 Å². The van der Waals surface area contributed by atoms with E-state index in [0.717, 1.165) is 18.8 Å². The Kier molecular flexibility index (Phi) is 7.86. The maximum atomic E-state index is 11.9. The third-order valence-electron chi connectivity index (χ3n) is 4.39. The number of hydrogen-bond donors (Lipinski definition) is 2. The molecule has 0 atom stereocenters. The fourth-order valence-corrected chi connectivity index (χ4v) is 3.42. The molecule has 2 rings (SSSR count). The molecular formula is C18H24Cl2N2O2. The first-order valence-electron chi connectivity index (χ1n) is 8.56. The van der Waals surface area contributed by atoms with Crippen LogP contribution in [-0.2, 0) is 9.59 Å². The van der Waals surface area contributed by atoms with Crippen molar-refractivity contribution < 1.29 is 9.59 Å². The third kappa shape index (κ3) is 6.70. The summed E-state index contributed by atoms with van der Waals surface area (Å²) in [6.45, 7) is -0.0644. The van der Waals surface area contributed by atoms with E-state index >= 15 is 0 Å². The number of amides is 2. The number of benzene rings is 1. The first kappa shape index (κ1) is 19.1. The number of rotatable bonds is 7. The Bertz CT molecular complexity index is 572. The summed E-state index contributed by atoms with van der Waals surface area (Å²) in [5, 5.41) is 6.19. The average molecular weight is 371 g/mol. The lowest BCUT2D eigenvalue weighted by Crippen LogP contribution is -2.32. The van der Waals surface area contributed by atoms with Crippen molar-refractivity contribution in [3.05, 3.63) is 28.2 Å². The third-order valence-corrected chi connectivity index (χ3v) is 4.95. The van der Waals surface area contributed by atoms with Crippen LogP contribution >= 0.6 is 23.2 Å². The van der Waals surface area contributed by atoms with Crippen LogP contribution in [0.2, 0.25) is 10.0 Å². The minimum Gasteiger partial charge on any atom is -0.347 e. The van der Waals surface area contributed by atoms with Crippen molar-refractivity contribution in [2.24, 2.45) is 5.92 Å². The van der Waals surface area contributed by atoms with E-state index in [9.17, 15) is 9.59 Å². The monoisotopic (exact) mass is 370 g/mol. The Morgan fingerprint density at radius 1 is 1.08 bits per heavy atom. The summed E-state index contributed by atoms with van der Waals surface area (Å²) < 4.78 is 0. The van der Waals surface area contributed by atoms with Crippen LogP contribution in [0.3, 0.4) is 0 Å². The Morgan fingerprint density at radius 2 is 1.83 bits per heavy atom. The van der Waals surface area contributed by atoms with E-state index in [2.05, 4.69) is 10.6 Å². The SMILES string of the molecule is O=C(CCCC1CCCCC1)NCC(=O)Nc1cc(Cl)ccc1Cl. The van der Waals surface area contributed by atoms with Gasteiger partial charge in [-0.2, -0.15) is 0 Å². The fraction of sp³-hybridized carbons (Fsp3) is 0.556. The lowest BCUT2D eigenvalue weighted by molar-refractivity contribution is -0.124. The molecule has 0 unspecified atom stereocenters. The number of carbonyl (C=O) groups excluding carboxylic acids is 2. The lowest BCUT2D eigenvalue weighted by Gasteiger charge is -2.21. The van der Waals surface area contributed by atoms with Crippen molar-refractivity contribution in [1.29, 1.82) is 0 Å². The molecule has 0 spiro atoms. The molecule has 1 aliphatic carbocycles. The van der Waals surface area contributed by atoms with E-state index in [0.29, 0.717) is 22.2 Å². The molecule has 24 heavy (non-hydrogen) atoms. The number of halogens is 2. The largest absolute Gasteiger partial charge is 0.347 e. The molecule has 2 amide bonds. The highest BCUT2D eigenvalue weighted by Crippen LogP contribution is 2.27. The Hall–Kier alpha value is -1.26. The van der Waals surface area contributed by atoms with E-state index in [1.165, 1.54) is 32.1 Å². The molecule has 0 aromatic heterocycles. The summed E-state index contributed by atoms with van der Waals surface area (Å²) in [5.41, 5.74) is 0.445. The van der Waals surface area contributed by atoms with Gasteiger partial charge in [-0.25, -0.2) is 0 Å². The molecule has 0 heterocycles. The molecule has 0 saturated heterocycles. The van der Waals surface area contributed by atoms with Gasteiger partial charge in [0.1, 0.15) is 0 Å². The smallest absolute Gasteiger partial charge is 0.243 e. The standard InChI is InChI=1S/C18H24Cl2N2O2/c19-14-9-10-15(20)16(11-14)22-18(24)12-21-17(23)8-4-7-13-5-2-1-3-6-13/h9-11,13H,1-8,12H2,(H,21,23)(H,22,24). The van der Waals surface area contributed by atoms with Gasteiger partial charge in [0.05, 0.1) is 17.3 Å². The normalized spacial score (nSPS) is 15.1. The van der Waals surface area contributed by atoms with Crippen LogP contribution in [0.25, 0.3) is 0 Å². The Labute approximate surface area is 153 Å². The van der Waals surface area contributed by atoms with Gasteiger partial charge in [0, 0.05) is 11.4 Å². The number of nitrogens with one attached hydrogen (secondary N) is 2. The maximum Gasteiger partial charge on any atom is 0.243 e. The van der Waals surface area contributed by atoms with E-state index in [1.807, 2.05) is 0 Å². The summed E-state index contributed by atoms with van der Waals surface area (Å²) in [6.07, 6.45) is 9.06. The van der Waals surface area contributed by atoms with E-state index < -0.39 is 0 Å². The summed E-state index contributed by atoms with van der Waals surface area (Å²) in [7, 11) is 0. The molecule has 0 radical (unpaired) electrons. The summed E-state index contributed by atoms with van der Waals surface area (Å²) in [6, 6.07) is 4.84. The Morgan fingerprint density at radius 3 is 2.58 bits per heavy atom. The van der Waals surface area contributed by atoms with Gasteiger partial charge in [-0.15, -0.1) is 0 Å². The molecule has 6 heteroatoms. The second kappa shape index (κ2) is 9.90. The van der Waals surface area contributed by atoms with Crippen LogP contribution in [-0.4, -0.2) is 18.4 Å². The van der Waals surface area contributed by atoms with Gasteiger partial charge in [-0.05, 0) is 37.0 Å². The predicted molar refractivity (Wildman–Crippen MR) is 98.5 cm³/mol. The van der Waals surface area contributed by atoms with E-state index in [-0.39, 0.29) is 18.4 Å². The van der Waals surface area contributed by atoms with Crippen molar-refractivity contribution in [2.45, 2.75) is 51.4 Å². The van der Waals surface area contributed by atoms with Gasteiger partial charge >= 0.3 is 0 Å². The highest BCUT2D eigenvalue weighted by Gasteiger charge is 2.14. The zero-order valence-electron chi connectivity index (χ0n) is 13.7. The van der Waals surface area contributed by atoms with Crippen LogP contribution in [0.1, 0.15) is 51.4 Å². The molecule has 132 valence electrons. The molecule has 1 saturated carbocycles. The molecule has 1 aromatic rings. The second-order valence-corrected chi connectivity index (χ2v) is 7.19. The van der Waals surface area contributed by atoms with Crippen LogP contribution in [0.4, 0.5) is 5.69 Å². The quantitative estimate of drug-likeness (QED) is 0.723. The van der Waals surface area contributed by atoms with Crippen molar-refractivity contribution in [2.75, 3.05) is 11.9 Å². The lowest BCUT2D eigenvalue weighted by atomic mass is 9.86. The molecule has 0 bridgehead atoms. The fourth-order valence-electron chi connectivity index (χ4n) is 3.08. The number of hydrogen-bond acceptors (Lipinski definition) is 2.